The van der Waals surface area contributed by atoms with Gasteiger partial charge in [-0.05, 0) is 12.1 Å². The minimum Gasteiger partial charge on any atom is -0.478 e. The average molecular weight is 192 g/mol. The molecule has 1 aromatic rings. The summed E-state index contributed by atoms with van der Waals surface area (Å²) in [6, 6.07) is 5.18. The number of carboxylic acid groups (broad SMARTS) is 1. The van der Waals surface area contributed by atoms with Crippen molar-refractivity contribution in [2.45, 2.75) is 0 Å². The average Bonchev–Trinajstić information content (AvgIpc) is 2.15. The standard InChI is InChI=1S/C10H12N2O2/c1-12(2)7-8(10(13)14)9-5-3-4-6-11-9/h3-7H,1-2H3,(H,13,14). The third kappa shape index (κ3) is 2.58. The summed E-state index contributed by atoms with van der Waals surface area (Å²) in [6.07, 6.45) is 3.10. The molecule has 1 N–H and O–H groups in total. The van der Waals surface area contributed by atoms with Crippen molar-refractivity contribution in [3.63, 3.8) is 0 Å². The van der Waals surface area contributed by atoms with Gasteiger partial charge in [0.25, 0.3) is 0 Å². The highest BCUT2D eigenvalue weighted by Gasteiger charge is 2.10. The van der Waals surface area contributed by atoms with E-state index in [-0.39, 0.29) is 5.57 Å². The Labute approximate surface area is 82.5 Å². The lowest BCUT2D eigenvalue weighted by molar-refractivity contribution is -0.130. The molecule has 0 aliphatic carbocycles. The maximum atomic E-state index is 10.9. The highest BCUT2D eigenvalue weighted by molar-refractivity contribution is 6.14. The predicted octanol–water partition coefficient (Wildman–Crippen LogP) is 1.07. The number of aromatic nitrogens is 1. The number of nitrogens with zero attached hydrogens (tertiary/aromatic N) is 2. The Hall–Kier alpha value is -1.84. The lowest BCUT2D eigenvalue weighted by Crippen LogP contribution is -2.08. The summed E-state index contributed by atoms with van der Waals surface area (Å²) >= 11 is 0. The van der Waals surface area contributed by atoms with Crippen LogP contribution < -0.4 is 0 Å². The van der Waals surface area contributed by atoms with Crippen molar-refractivity contribution in [3.8, 4) is 0 Å². The van der Waals surface area contributed by atoms with Gasteiger partial charge in [-0.2, -0.15) is 0 Å². The van der Waals surface area contributed by atoms with Crippen LogP contribution in [0.3, 0.4) is 0 Å². The Morgan fingerprint density at radius 1 is 1.50 bits per heavy atom. The zero-order valence-corrected chi connectivity index (χ0v) is 8.14. The molecule has 0 spiro atoms. The molecule has 0 aliphatic rings. The molecule has 1 aromatic heterocycles. The molecule has 0 unspecified atom stereocenters. The van der Waals surface area contributed by atoms with Gasteiger partial charge in [0, 0.05) is 26.5 Å². The largest absolute Gasteiger partial charge is 0.478 e. The summed E-state index contributed by atoms with van der Waals surface area (Å²) in [5, 5.41) is 8.94. The molecule has 0 amide bonds. The zero-order valence-electron chi connectivity index (χ0n) is 8.14. The van der Waals surface area contributed by atoms with E-state index in [4.69, 9.17) is 5.11 Å². The van der Waals surface area contributed by atoms with Crippen LogP contribution in [0.1, 0.15) is 5.69 Å². The third-order valence-corrected chi connectivity index (χ3v) is 1.56. The summed E-state index contributed by atoms with van der Waals surface area (Å²) in [4.78, 5) is 16.6. The first-order chi connectivity index (χ1) is 6.61. The molecule has 0 radical (unpaired) electrons. The fourth-order valence-electron chi connectivity index (χ4n) is 1.01. The molecule has 1 heterocycles. The summed E-state index contributed by atoms with van der Waals surface area (Å²) < 4.78 is 0. The quantitative estimate of drug-likeness (QED) is 0.728. The predicted molar refractivity (Wildman–Crippen MR) is 53.5 cm³/mol. The van der Waals surface area contributed by atoms with E-state index in [1.54, 1.807) is 43.4 Å². The highest BCUT2D eigenvalue weighted by Crippen LogP contribution is 2.11. The van der Waals surface area contributed by atoms with Gasteiger partial charge in [0.1, 0.15) is 5.57 Å². The van der Waals surface area contributed by atoms with E-state index in [0.29, 0.717) is 5.69 Å². The van der Waals surface area contributed by atoms with Crippen LogP contribution in [0, 0.1) is 0 Å². The second-order valence-electron chi connectivity index (χ2n) is 3.03. The minimum absolute atomic E-state index is 0.190. The van der Waals surface area contributed by atoms with Crippen molar-refractivity contribution in [3.05, 3.63) is 36.3 Å². The van der Waals surface area contributed by atoms with Crippen LogP contribution in [0.5, 0.6) is 0 Å². The van der Waals surface area contributed by atoms with E-state index in [0.717, 1.165) is 0 Å². The normalized spacial score (nSPS) is 11.1. The van der Waals surface area contributed by atoms with Crippen molar-refractivity contribution < 1.29 is 9.90 Å². The van der Waals surface area contributed by atoms with Gasteiger partial charge in [0.05, 0.1) is 5.69 Å². The first-order valence-corrected chi connectivity index (χ1v) is 4.14. The number of rotatable bonds is 3. The van der Waals surface area contributed by atoms with Crippen molar-refractivity contribution >= 4 is 11.5 Å². The zero-order chi connectivity index (χ0) is 10.6. The van der Waals surface area contributed by atoms with Crippen LogP contribution >= 0.6 is 0 Å². The van der Waals surface area contributed by atoms with E-state index in [9.17, 15) is 4.79 Å². The van der Waals surface area contributed by atoms with Gasteiger partial charge in [-0.25, -0.2) is 4.79 Å². The molecular weight excluding hydrogens is 180 g/mol. The molecule has 0 saturated heterocycles. The topological polar surface area (TPSA) is 53.4 Å². The molecule has 0 bridgehead atoms. The molecule has 0 saturated carbocycles. The van der Waals surface area contributed by atoms with Crippen molar-refractivity contribution in [2.24, 2.45) is 0 Å². The van der Waals surface area contributed by atoms with Gasteiger partial charge in [0.15, 0.2) is 0 Å². The number of carbonyl (C=O) groups is 1. The first kappa shape index (κ1) is 10.2. The first-order valence-electron chi connectivity index (χ1n) is 4.14. The van der Waals surface area contributed by atoms with E-state index < -0.39 is 5.97 Å². The number of aliphatic carboxylic acids is 1. The Morgan fingerprint density at radius 2 is 2.21 bits per heavy atom. The van der Waals surface area contributed by atoms with Crippen LogP contribution in [-0.2, 0) is 4.79 Å². The second-order valence-corrected chi connectivity index (χ2v) is 3.03. The molecule has 74 valence electrons. The van der Waals surface area contributed by atoms with Crippen LogP contribution in [0.4, 0.5) is 0 Å². The van der Waals surface area contributed by atoms with Crippen LogP contribution in [0.25, 0.3) is 5.57 Å². The SMILES string of the molecule is CN(C)C=C(C(=O)O)c1ccccn1. The molecule has 14 heavy (non-hydrogen) atoms. The molecule has 0 aromatic carbocycles. The van der Waals surface area contributed by atoms with Crippen molar-refractivity contribution in [1.29, 1.82) is 0 Å². The highest BCUT2D eigenvalue weighted by atomic mass is 16.4. The van der Waals surface area contributed by atoms with E-state index in [2.05, 4.69) is 4.98 Å². The van der Waals surface area contributed by atoms with Gasteiger partial charge >= 0.3 is 5.97 Å². The van der Waals surface area contributed by atoms with Gasteiger partial charge < -0.3 is 10.0 Å². The molecule has 0 fully saturated rings. The van der Waals surface area contributed by atoms with E-state index in [1.165, 1.54) is 6.20 Å². The smallest absolute Gasteiger partial charge is 0.339 e. The lowest BCUT2D eigenvalue weighted by atomic mass is 10.2. The Bertz CT molecular complexity index is 344. The summed E-state index contributed by atoms with van der Waals surface area (Å²) in [7, 11) is 3.54. The Morgan fingerprint density at radius 3 is 2.64 bits per heavy atom. The van der Waals surface area contributed by atoms with Crippen molar-refractivity contribution in [2.75, 3.05) is 14.1 Å². The number of carboxylic acids is 1. The number of hydrogen-bond acceptors (Lipinski definition) is 3. The number of pyridine rings is 1. The fraction of sp³-hybridized carbons (Fsp3) is 0.200. The maximum absolute atomic E-state index is 10.9. The van der Waals surface area contributed by atoms with Crippen molar-refractivity contribution in [1.82, 2.24) is 9.88 Å². The summed E-state index contributed by atoms with van der Waals surface area (Å²) in [5.41, 5.74) is 0.657. The molecule has 4 nitrogen and oxygen atoms in total. The van der Waals surface area contributed by atoms with Gasteiger partial charge in [-0.1, -0.05) is 6.07 Å². The second kappa shape index (κ2) is 4.41. The maximum Gasteiger partial charge on any atom is 0.339 e. The monoisotopic (exact) mass is 192 g/mol. The minimum atomic E-state index is -0.975. The lowest BCUT2D eigenvalue weighted by Gasteiger charge is -2.07. The third-order valence-electron chi connectivity index (χ3n) is 1.56. The molecule has 0 aliphatic heterocycles. The summed E-state index contributed by atoms with van der Waals surface area (Å²) in [6.45, 7) is 0. The molecule has 4 heteroatoms. The van der Waals surface area contributed by atoms with Crippen LogP contribution in [0.2, 0.25) is 0 Å². The Balaban J connectivity index is 3.08. The Kier molecular flexibility index (Phi) is 3.23. The summed E-state index contributed by atoms with van der Waals surface area (Å²) in [5.74, 6) is -0.975. The van der Waals surface area contributed by atoms with Gasteiger partial charge in [0.2, 0.25) is 0 Å². The molecule has 0 atom stereocenters. The van der Waals surface area contributed by atoms with Crippen LogP contribution in [0.15, 0.2) is 30.6 Å². The number of hydrogen-bond donors (Lipinski definition) is 1. The van der Waals surface area contributed by atoms with E-state index >= 15 is 0 Å². The molecular formula is C10H12N2O2. The van der Waals surface area contributed by atoms with Gasteiger partial charge in [-0.3, -0.25) is 4.98 Å². The van der Waals surface area contributed by atoms with E-state index in [1.807, 2.05) is 0 Å². The van der Waals surface area contributed by atoms with Crippen LogP contribution in [-0.4, -0.2) is 35.1 Å². The fourth-order valence-corrected chi connectivity index (χ4v) is 1.01. The molecule has 1 rings (SSSR count). The van der Waals surface area contributed by atoms with Gasteiger partial charge in [-0.15, -0.1) is 0 Å².